The molecule has 1 aliphatic rings. The van der Waals surface area contributed by atoms with Crippen LogP contribution in [0.25, 0.3) is 0 Å². The van der Waals surface area contributed by atoms with Gasteiger partial charge in [-0.1, -0.05) is 35.8 Å². The second kappa shape index (κ2) is 4.62. The lowest BCUT2D eigenvalue weighted by atomic mass is 9.63. The van der Waals surface area contributed by atoms with E-state index in [-0.39, 0.29) is 17.6 Å². The second-order valence-corrected chi connectivity index (χ2v) is 6.04. The number of hydrogen-bond donors (Lipinski definition) is 1. The molecule has 0 radical (unpaired) electrons. The Morgan fingerprint density at radius 3 is 2.82 bits per heavy atom. The number of aliphatic hydroxyl groups excluding tert-OH is 1. The molecule has 1 aliphatic carbocycles. The lowest BCUT2D eigenvalue weighted by Crippen LogP contribution is -2.57. The van der Waals surface area contributed by atoms with Gasteiger partial charge < -0.3 is 9.84 Å². The number of rotatable bonds is 3. The predicted octanol–water partition coefficient (Wildman–Crippen LogP) is 3.69. The van der Waals surface area contributed by atoms with E-state index < -0.39 is 0 Å². The Morgan fingerprint density at radius 2 is 2.24 bits per heavy atom. The smallest absolute Gasteiger partial charge is 0.123 e. The van der Waals surface area contributed by atoms with Crippen molar-refractivity contribution in [3.05, 3.63) is 28.2 Å². The van der Waals surface area contributed by atoms with Crippen LogP contribution in [-0.4, -0.2) is 17.3 Å². The molecule has 0 aromatic heterocycles. The molecule has 0 saturated heterocycles. The van der Waals surface area contributed by atoms with E-state index in [0.717, 1.165) is 28.6 Å². The normalized spacial score (nSPS) is 32.1. The molecule has 2 rings (SSSR count). The summed E-state index contributed by atoms with van der Waals surface area (Å²) in [6, 6.07) is 6.05. The molecule has 1 aromatic rings. The van der Waals surface area contributed by atoms with E-state index >= 15 is 0 Å². The number of halogens is 1. The minimum Gasteiger partial charge on any atom is -0.489 e. The zero-order chi connectivity index (χ0) is 12.6. The molecule has 3 heteroatoms. The summed E-state index contributed by atoms with van der Waals surface area (Å²) in [6.07, 6.45) is 1.56. The Kier molecular flexibility index (Phi) is 3.50. The SMILES string of the molecule is CCC1(C)C(O)CC1Oc1cc(Br)ccc1C. The van der Waals surface area contributed by atoms with Crippen LogP contribution >= 0.6 is 15.9 Å². The van der Waals surface area contributed by atoms with Crippen LogP contribution in [-0.2, 0) is 0 Å². The first-order valence-corrected chi connectivity index (χ1v) is 6.87. The van der Waals surface area contributed by atoms with E-state index in [4.69, 9.17) is 4.74 Å². The minimum absolute atomic E-state index is 0.102. The molecule has 1 fully saturated rings. The Bertz CT molecular complexity index is 419. The van der Waals surface area contributed by atoms with Crippen molar-refractivity contribution < 1.29 is 9.84 Å². The Labute approximate surface area is 111 Å². The van der Waals surface area contributed by atoms with Gasteiger partial charge in [-0.2, -0.15) is 0 Å². The summed E-state index contributed by atoms with van der Waals surface area (Å²) in [6.45, 7) is 6.24. The maximum Gasteiger partial charge on any atom is 0.123 e. The maximum atomic E-state index is 9.85. The first-order chi connectivity index (χ1) is 7.97. The van der Waals surface area contributed by atoms with Gasteiger partial charge in [0.05, 0.1) is 6.10 Å². The van der Waals surface area contributed by atoms with Gasteiger partial charge in [0.1, 0.15) is 11.9 Å². The summed E-state index contributed by atoms with van der Waals surface area (Å²) < 4.78 is 7.07. The third-order valence-corrected chi connectivity index (χ3v) is 4.61. The molecular weight excluding hydrogens is 280 g/mol. The van der Waals surface area contributed by atoms with Gasteiger partial charge in [-0.25, -0.2) is 0 Å². The number of aryl methyl sites for hydroxylation is 1. The lowest BCUT2D eigenvalue weighted by Gasteiger charge is -2.50. The van der Waals surface area contributed by atoms with Gasteiger partial charge in [-0.15, -0.1) is 0 Å². The number of aliphatic hydroxyl groups is 1. The highest BCUT2D eigenvalue weighted by Gasteiger charge is 2.51. The van der Waals surface area contributed by atoms with E-state index in [2.05, 4.69) is 29.8 Å². The first kappa shape index (κ1) is 12.9. The molecular formula is C14H19BrO2. The van der Waals surface area contributed by atoms with Crippen molar-refractivity contribution in [2.75, 3.05) is 0 Å². The zero-order valence-corrected chi connectivity index (χ0v) is 12.1. The highest BCUT2D eigenvalue weighted by Crippen LogP contribution is 2.46. The quantitative estimate of drug-likeness (QED) is 0.922. The third-order valence-electron chi connectivity index (χ3n) is 4.12. The summed E-state index contributed by atoms with van der Waals surface area (Å²) >= 11 is 3.45. The monoisotopic (exact) mass is 298 g/mol. The van der Waals surface area contributed by atoms with Gasteiger partial charge in [-0.05, 0) is 31.0 Å². The van der Waals surface area contributed by atoms with Crippen molar-refractivity contribution in [2.24, 2.45) is 5.41 Å². The zero-order valence-electron chi connectivity index (χ0n) is 10.5. The summed E-state index contributed by atoms with van der Waals surface area (Å²) in [5, 5.41) is 9.85. The fourth-order valence-corrected chi connectivity index (χ4v) is 2.64. The van der Waals surface area contributed by atoms with Crippen molar-refractivity contribution >= 4 is 15.9 Å². The molecule has 2 nitrogen and oxygen atoms in total. The van der Waals surface area contributed by atoms with E-state index in [0.29, 0.717) is 0 Å². The van der Waals surface area contributed by atoms with Crippen LogP contribution < -0.4 is 4.74 Å². The molecule has 0 spiro atoms. The van der Waals surface area contributed by atoms with E-state index in [1.807, 2.05) is 25.1 Å². The van der Waals surface area contributed by atoms with Crippen molar-refractivity contribution in [1.29, 1.82) is 0 Å². The minimum atomic E-state index is -0.232. The average molecular weight is 299 g/mol. The Balaban J connectivity index is 2.14. The number of ether oxygens (including phenoxy) is 1. The topological polar surface area (TPSA) is 29.5 Å². The second-order valence-electron chi connectivity index (χ2n) is 5.13. The molecule has 1 N–H and O–H groups in total. The summed E-state index contributed by atoms with van der Waals surface area (Å²) in [4.78, 5) is 0. The number of hydrogen-bond acceptors (Lipinski definition) is 2. The van der Waals surface area contributed by atoms with Crippen LogP contribution in [0.4, 0.5) is 0 Å². The van der Waals surface area contributed by atoms with E-state index in [1.54, 1.807) is 0 Å². The maximum absolute atomic E-state index is 9.85. The molecule has 17 heavy (non-hydrogen) atoms. The molecule has 3 atom stereocenters. The highest BCUT2D eigenvalue weighted by atomic mass is 79.9. The highest BCUT2D eigenvalue weighted by molar-refractivity contribution is 9.10. The van der Waals surface area contributed by atoms with Crippen molar-refractivity contribution in [2.45, 2.75) is 45.8 Å². The van der Waals surface area contributed by atoms with Crippen LogP contribution in [0.5, 0.6) is 5.75 Å². The summed E-state index contributed by atoms with van der Waals surface area (Å²) in [5.41, 5.74) is 1.03. The molecule has 1 aromatic carbocycles. The van der Waals surface area contributed by atoms with Gasteiger partial charge >= 0.3 is 0 Å². The molecule has 3 unspecified atom stereocenters. The first-order valence-electron chi connectivity index (χ1n) is 6.08. The molecule has 0 heterocycles. The van der Waals surface area contributed by atoms with Gasteiger partial charge in [0, 0.05) is 16.3 Å². The molecule has 0 bridgehead atoms. The van der Waals surface area contributed by atoms with Gasteiger partial charge in [0.15, 0.2) is 0 Å². The van der Waals surface area contributed by atoms with Crippen molar-refractivity contribution in [3.63, 3.8) is 0 Å². The fourth-order valence-electron chi connectivity index (χ4n) is 2.30. The molecule has 94 valence electrons. The number of benzene rings is 1. The standard InChI is InChI=1S/C14H19BrO2/c1-4-14(3)12(16)8-13(14)17-11-7-10(15)6-5-9(11)2/h5-7,12-13,16H,4,8H2,1-3H3. The lowest BCUT2D eigenvalue weighted by molar-refractivity contribution is -0.147. The van der Waals surface area contributed by atoms with Crippen LogP contribution in [0.2, 0.25) is 0 Å². The van der Waals surface area contributed by atoms with E-state index in [1.165, 1.54) is 0 Å². The van der Waals surface area contributed by atoms with Crippen molar-refractivity contribution in [1.82, 2.24) is 0 Å². The van der Waals surface area contributed by atoms with Crippen LogP contribution in [0.3, 0.4) is 0 Å². The molecule has 1 saturated carbocycles. The predicted molar refractivity (Wildman–Crippen MR) is 72.3 cm³/mol. The molecule has 0 aliphatic heterocycles. The Hall–Kier alpha value is -0.540. The van der Waals surface area contributed by atoms with Gasteiger partial charge in [0.25, 0.3) is 0 Å². The van der Waals surface area contributed by atoms with Gasteiger partial charge in [0.2, 0.25) is 0 Å². The van der Waals surface area contributed by atoms with Gasteiger partial charge in [-0.3, -0.25) is 0 Å². The largest absolute Gasteiger partial charge is 0.489 e. The van der Waals surface area contributed by atoms with Crippen LogP contribution in [0.1, 0.15) is 32.3 Å². The van der Waals surface area contributed by atoms with E-state index in [9.17, 15) is 5.11 Å². The fraction of sp³-hybridized carbons (Fsp3) is 0.571. The molecule has 0 amide bonds. The van der Waals surface area contributed by atoms with Crippen LogP contribution in [0.15, 0.2) is 22.7 Å². The average Bonchev–Trinajstić information content (AvgIpc) is 2.32. The summed E-state index contributed by atoms with van der Waals surface area (Å²) in [7, 11) is 0. The van der Waals surface area contributed by atoms with Crippen molar-refractivity contribution in [3.8, 4) is 5.75 Å². The third kappa shape index (κ3) is 2.23. The summed E-state index contributed by atoms with van der Waals surface area (Å²) in [5.74, 6) is 0.913. The van der Waals surface area contributed by atoms with Crippen LogP contribution in [0, 0.1) is 12.3 Å². The Morgan fingerprint density at radius 1 is 1.53 bits per heavy atom.